The molecule has 9 nitrogen and oxygen atoms in total. The number of hydrogen-bond acceptors (Lipinski definition) is 6. The quantitative estimate of drug-likeness (QED) is 0.256. The molecule has 0 radical (unpaired) electrons. The van der Waals surface area contributed by atoms with E-state index in [0.29, 0.717) is 0 Å². The Morgan fingerprint density at radius 2 is 2.33 bits per heavy atom. The van der Waals surface area contributed by atoms with Crippen LogP contribution in [0.4, 0.5) is 5.82 Å². The number of aliphatic hydroxyl groups is 2. The molecule has 0 fully saturated rings. The number of hydrogen-bond donors (Lipinski definition) is 2. The van der Waals surface area contributed by atoms with E-state index in [1.54, 1.807) is 0 Å². The number of aromatic nitrogens is 1. The highest BCUT2D eigenvalue weighted by molar-refractivity contribution is 5.34. The minimum absolute atomic E-state index is 0.00270. The van der Waals surface area contributed by atoms with E-state index in [2.05, 4.69) is 15.0 Å². The lowest BCUT2D eigenvalue weighted by Gasteiger charge is -2.16. The molecule has 0 amide bonds. The predicted octanol–water partition coefficient (Wildman–Crippen LogP) is 1.08. The Balaban J connectivity index is 2.85. The molecule has 96 valence electrons. The van der Waals surface area contributed by atoms with Gasteiger partial charge in [0.1, 0.15) is 12.3 Å². The molecule has 2 atom stereocenters. The first-order valence-electron chi connectivity index (χ1n) is 5.04. The van der Waals surface area contributed by atoms with Crippen LogP contribution in [0.2, 0.25) is 0 Å². The van der Waals surface area contributed by atoms with Gasteiger partial charge in [0.15, 0.2) is 0 Å². The molecule has 0 spiro atoms. The maximum Gasteiger partial charge on any atom is 0.369 e. The summed E-state index contributed by atoms with van der Waals surface area (Å²) in [4.78, 5) is 16.0. The zero-order chi connectivity index (χ0) is 13.5. The summed E-state index contributed by atoms with van der Waals surface area (Å²) < 4.78 is 0. The van der Waals surface area contributed by atoms with Crippen LogP contribution in [0.3, 0.4) is 0 Å². The van der Waals surface area contributed by atoms with Crippen LogP contribution >= 0.6 is 0 Å². The standard InChI is InChI=1S/C9H11N5O4/c10-13-12-5-3-7(15)8(16)6-2-1-4-11-9(6)14(17)18/h1-2,4,7-8,15-16H,3,5H2. The van der Waals surface area contributed by atoms with E-state index in [-0.39, 0.29) is 18.5 Å². The summed E-state index contributed by atoms with van der Waals surface area (Å²) in [6.07, 6.45) is -1.50. The molecule has 0 aliphatic carbocycles. The van der Waals surface area contributed by atoms with Gasteiger partial charge in [0.05, 0.1) is 11.7 Å². The fourth-order valence-corrected chi connectivity index (χ4v) is 1.39. The normalized spacial score (nSPS) is 13.4. The zero-order valence-electron chi connectivity index (χ0n) is 9.25. The molecule has 0 saturated carbocycles. The van der Waals surface area contributed by atoms with Crippen molar-refractivity contribution < 1.29 is 15.1 Å². The molecule has 9 heteroatoms. The molecule has 0 saturated heterocycles. The summed E-state index contributed by atoms with van der Waals surface area (Å²) >= 11 is 0. The first-order valence-corrected chi connectivity index (χ1v) is 5.04. The second kappa shape index (κ2) is 6.50. The van der Waals surface area contributed by atoms with Crippen molar-refractivity contribution in [3.8, 4) is 0 Å². The van der Waals surface area contributed by atoms with E-state index in [1.165, 1.54) is 18.3 Å². The molecule has 0 bridgehead atoms. The van der Waals surface area contributed by atoms with Gasteiger partial charge >= 0.3 is 5.82 Å². The van der Waals surface area contributed by atoms with Crippen molar-refractivity contribution in [1.82, 2.24) is 4.98 Å². The summed E-state index contributed by atoms with van der Waals surface area (Å²) in [7, 11) is 0. The van der Waals surface area contributed by atoms with Crippen molar-refractivity contribution in [2.45, 2.75) is 18.6 Å². The van der Waals surface area contributed by atoms with Crippen LogP contribution in [0.5, 0.6) is 0 Å². The molecule has 18 heavy (non-hydrogen) atoms. The number of nitro groups is 1. The third-order valence-electron chi connectivity index (χ3n) is 2.26. The predicted molar refractivity (Wildman–Crippen MR) is 60.5 cm³/mol. The van der Waals surface area contributed by atoms with E-state index < -0.39 is 22.9 Å². The van der Waals surface area contributed by atoms with Gasteiger partial charge in [-0.25, -0.2) is 0 Å². The van der Waals surface area contributed by atoms with Crippen LogP contribution in [0.25, 0.3) is 10.4 Å². The van der Waals surface area contributed by atoms with Gasteiger partial charge < -0.3 is 20.3 Å². The first-order chi connectivity index (χ1) is 8.57. The van der Waals surface area contributed by atoms with Crippen LogP contribution in [0, 0.1) is 10.1 Å². The van der Waals surface area contributed by atoms with Gasteiger partial charge in [-0.15, -0.1) is 0 Å². The lowest BCUT2D eigenvalue weighted by atomic mass is 10.0. The SMILES string of the molecule is [N-]=[N+]=NCCC(O)C(O)c1cccnc1[N+](=O)[O-]. The van der Waals surface area contributed by atoms with Crippen molar-refractivity contribution in [2.75, 3.05) is 6.54 Å². The number of rotatable bonds is 6. The summed E-state index contributed by atoms with van der Waals surface area (Å²) in [5, 5.41) is 33.3. The molecular formula is C9H11N5O4. The summed E-state index contributed by atoms with van der Waals surface area (Å²) in [5.41, 5.74) is 7.99. The van der Waals surface area contributed by atoms with Gasteiger partial charge in [-0.3, -0.25) is 0 Å². The van der Waals surface area contributed by atoms with E-state index in [0.717, 1.165) is 0 Å². The number of pyridine rings is 1. The second-order valence-corrected chi connectivity index (χ2v) is 3.43. The minimum atomic E-state index is -1.45. The third kappa shape index (κ3) is 3.39. The zero-order valence-corrected chi connectivity index (χ0v) is 9.25. The Morgan fingerprint density at radius 3 is 2.94 bits per heavy atom. The highest BCUT2D eigenvalue weighted by Gasteiger charge is 2.26. The molecule has 2 unspecified atom stereocenters. The average Bonchev–Trinajstić information content (AvgIpc) is 2.38. The molecule has 1 aromatic rings. The Labute approximate surface area is 101 Å². The average molecular weight is 253 g/mol. The molecule has 0 aliphatic rings. The topological polar surface area (TPSA) is 145 Å². The molecule has 0 aliphatic heterocycles. The smallest absolute Gasteiger partial charge is 0.369 e. The van der Waals surface area contributed by atoms with Gasteiger partial charge in [-0.2, -0.15) is 0 Å². The number of azide groups is 1. The highest BCUT2D eigenvalue weighted by Crippen LogP contribution is 2.25. The van der Waals surface area contributed by atoms with E-state index in [1.807, 2.05) is 0 Å². The molecule has 0 aromatic carbocycles. The van der Waals surface area contributed by atoms with Gasteiger partial charge in [0.25, 0.3) is 0 Å². The van der Waals surface area contributed by atoms with Crippen LogP contribution in [0.15, 0.2) is 23.4 Å². The molecule has 1 rings (SSSR count). The molecular weight excluding hydrogens is 242 g/mol. The van der Waals surface area contributed by atoms with Crippen molar-refractivity contribution in [1.29, 1.82) is 0 Å². The van der Waals surface area contributed by atoms with Gasteiger partial charge in [0, 0.05) is 11.5 Å². The molecule has 1 aromatic heterocycles. The fourth-order valence-electron chi connectivity index (χ4n) is 1.39. The van der Waals surface area contributed by atoms with E-state index >= 15 is 0 Å². The largest absolute Gasteiger partial charge is 0.390 e. The number of nitrogens with zero attached hydrogens (tertiary/aromatic N) is 5. The van der Waals surface area contributed by atoms with Crippen LogP contribution in [-0.4, -0.2) is 32.8 Å². The fraction of sp³-hybridized carbons (Fsp3) is 0.444. The van der Waals surface area contributed by atoms with Crippen molar-refractivity contribution in [3.05, 3.63) is 44.5 Å². The third-order valence-corrected chi connectivity index (χ3v) is 2.26. The Bertz CT molecular complexity index is 474. The number of aliphatic hydroxyl groups excluding tert-OH is 2. The molecule has 2 N–H and O–H groups in total. The Kier molecular flexibility index (Phi) is 5.00. The van der Waals surface area contributed by atoms with Crippen molar-refractivity contribution >= 4 is 5.82 Å². The van der Waals surface area contributed by atoms with Crippen LogP contribution in [-0.2, 0) is 0 Å². The lowest BCUT2D eigenvalue weighted by Crippen LogP contribution is -2.20. The first kappa shape index (κ1) is 13.8. The highest BCUT2D eigenvalue weighted by atomic mass is 16.6. The summed E-state index contributed by atoms with van der Waals surface area (Å²) in [6.45, 7) is -0.0111. The minimum Gasteiger partial charge on any atom is -0.390 e. The van der Waals surface area contributed by atoms with Crippen molar-refractivity contribution in [3.63, 3.8) is 0 Å². The lowest BCUT2D eigenvalue weighted by molar-refractivity contribution is -0.391. The van der Waals surface area contributed by atoms with Gasteiger partial charge in [-0.1, -0.05) is 5.11 Å². The molecule has 1 heterocycles. The van der Waals surface area contributed by atoms with E-state index in [9.17, 15) is 20.3 Å². The summed E-state index contributed by atoms with van der Waals surface area (Å²) in [5.74, 6) is -0.507. The second-order valence-electron chi connectivity index (χ2n) is 3.43. The van der Waals surface area contributed by atoms with Gasteiger partial charge in [0.2, 0.25) is 0 Å². The van der Waals surface area contributed by atoms with Gasteiger partial charge in [-0.05, 0) is 34.0 Å². The van der Waals surface area contributed by atoms with Crippen molar-refractivity contribution in [2.24, 2.45) is 5.11 Å². The Morgan fingerprint density at radius 1 is 1.61 bits per heavy atom. The van der Waals surface area contributed by atoms with Crippen LogP contribution in [0.1, 0.15) is 18.1 Å². The maximum absolute atomic E-state index is 10.7. The van der Waals surface area contributed by atoms with E-state index in [4.69, 9.17) is 5.53 Å². The monoisotopic (exact) mass is 253 g/mol. The summed E-state index contributed by atoms with van der Waals surface area (Å²) in [6, 6.07) is 2.73. The van der Waals surface area contributed by atoms with Crippen LogP contribution < -0.4 is 0 Å². The maximum atomic E-state index is 10.7. The Hall–Kier alpha value is -2.22.